The van der Waals surface area contributed by atoms with Gasteiger partial charge in [-0.2, -0.15) is 13.2 Å². The van der Waals surface area contributed by atoms with Crippen molar-refractivity contribution in [2.45, 2.75) is 13.1 Å². The van der Waals surface area contributed by atoms with Crippen LogP contribution in [0.2, 0.25) is 0 Å². The quantitative estimate of drug-likeness (QED) is 0.861. The Kier molecular flexibility index (Phi) is 4.71. The normalized spacial score (nSPS) is 16.4. The van der Waals surface area contributed by atoms with Gasteiger partial charge in [0.2, 0.25) is 5.95 Å². The number of hydrogen-bond donors (Lipinski definition) is 0. The van der Waals surface area contributed by atoms with Crippen LogP contribution in [0.15, 0.2) is 36.4 Å². The van der Waals surface area contributed by atoms with Crippen molar-refractivity contribution in [2.75, 3.05) is 37.6 Å². The minimum Gasteiger partial charge on any atom is -0.338 e. The van der Waals surface area contributed by atoms with Gasteiger partial charge < -0.3 is 9.80 Å². The fourth-order valence-electron chi connectivity index (χ4n) is 2.74. The van der Waals surface area contributed by atoms with E-state index in [2.05, 4.69) is 21.8 Å². The summed E-state index contributed by atoms with van der Waals surface area (Å²) in [6, 6.07) is 9.90. The molecular formula is C17H19F3N4. The van der Waals surface area contributed by atoms with Crippen molar-refractivity contribution in [3.8, 4) is 11.3 Å². The number of aromatic nitrogens is 2. The van der Waals surface area contributed by atoms with E-state index in [0.29, 0.717) is 24.3 Å². The molecule has 1 aliphatic heterocycles. The first-order valence-electron chi connectivity index (χ1n) is 7.96. The number of alkyl halides is 3. The highest BCUT2D eigenvalue weighted by molar-refractivity contribution is 5.61. The van der Waals surface area contributed by atoms with Gasteiger partial charge in [0.05, 0.1) is 5.69 Å². The van der Waals surface area contributed by atoms with Gasteiger partial charge in [-0.05, 0) is 12.6 Å². The monoisotopic (exact) mass is 336 g/mol. The minimum atomic E-state index is -4.49. The largest absolute Gasteiger partial charge is 0.433 e. The van der Waals surface area contributed by atoms with Crippen LogP contribution in [0.25, 0.3) is 11.3 Å². The second-order valence-corrected chi connectivity index (χ2v) is 5.72. The summed E-state index contributed by atoms with van der Waals surface area (Å²) >= 11 is 0. The van der Waals surface area contributed by atoms with Gasteiger partial charge >= 0.3 is 6.18 Å². The molecule has 24 heavy (non-hydrogen) atoms. The first-order valence-corrected chi connectivity index (χ1v) is 7.96. The Balaban J connectivity index is 1.97. The molecule has 2 heterocycles. The van der Waals surface area contributed by atoms with Gasteiger partial charge in [0.15, 0.2) is 5.69 Å². The maximum atomic E-state index is 13.2. The van der Waals surface area contributed by atoms with Crippen LogP contribution in [0.5, 0.6) is 0 Å². The highest BCUT2D eigenvalue weighted by Crippen LogP contribution is 2.31. The van der Waals surface area contributed by atoms with Crippen molar-refractivity contribution in [1.29, 1.82) is 0 Å². The van der Waals surface area contributed by atoms with Gasteiger partial charge in [-0.25, -0.2) is 9.97 Å². The lowest BCUT2D eigenvalue weighted by molar-refractivity contribution is -0.141. The van der Waals surface area contributed by atoms with Crippen LogP contribution in [0.1, 0.15) is 12.6 Å². The summed E-state index contributed by atoms with van der Waals surface area (Å²) < 4.78 is 39.7. The Morgan fingerprint density at radius 2 is 1.67 bits per heavy atom. The molecule has 7 heteroatoms. The number of nitrogens with zero attached hydrogens (tertiary/aromatic N) is 4. The van der Waals surface area contributed by atoms with Crippen molar-refractivity contribution < 1.29 is 13.2 Å². The highest BCUT2D eigenvalue weighted by atomic mass is 19.4. The van der Waals surface area contributed by atoms with Gasteiger partial charge in [0, 0.05) is 31.7 Å². The molecule has 0 N–H and O–H groups in total. The number of piperazine rings is 1. The van der Waals surface area contributed by atoms with Crippen LogP contribution in [-0.4, -0.2) is 47.6 Å². The van der Waals surface area contributed by atoms with Crippen LogP contribution in [0.3, 0.4) is 0 Å². The smallest absolute Gasteiger partial charge is 0.338 e. The molecule has 3 rings (SSSR count). The maximum absolute atomic E-state index is 13.2. The number of hydrogen-bond acceptors (Lipinski definition) is 4. The molecule has 4 nitrogen and oxygen atoms in total. The molecule has 2 aromatic rings. The molecule has 0 atom stereocenters. The molecule has 0 aliphatic carbocycles. The first-order chi connectivity index (χ1) is 11.5. The maximum Gasteiger partial charge on any atom is 0.433 e. The van der Waals surface area contributed by atoms with Crippen molar-refractivity contribution in [3.63, 3.8) is 0 Å². The van der Waals surface area contributed by atoms with Crippen molar-refractivity contribution in [3.05, 3.63) is 42.1 Å². The van der Waals surface area contributed by atoms with E-state index in [1.165, 1.54) is 0 Å². The van der Waals surface area contributed by atoms with Crippen LogP contribution < -0.4 is 4.90 Å². The van der Waals surface area contributed by atoms with E-state index in [0.717, 1.165) is 25.7 Å². The Morgan fingerprint density at radius 1 is 1.00 bits per heavy atom. The van der Waals surface area contributed by atoms with E-state index < -0.39 is 11.9 Å². The van der Waals surface area contributed by atoms with E-state index in [4.69, 9.17) is 0 Å². The number of halogens is 3. The molecule has 0 spiro atoms. The first kappa shape index (κ1) is 16.7. The summed E-state index contributed by atoms with van der Waals surface area (Å²) in [5.41, 5.74) is 0.0500. The summed E-state index contributed by atoms with van der Waals surface area (Å²) in [5.74, 6) is 0.152. The van der Waals surface area contributed by atoms with Crippen LogP contribution in [-0.2, 0) is 6.18 Å². The van der Waals surface area contributed by atoms with Crippen molar-refractivity contribution in [1.82, 2.24) is 14.9 Å². The minimum absolute atomic E-state index is 0.152. The molecule has 1 aromatic heterocycles. The summed E-state index contributed by atoms with van der Waals surface area (Å²) in [5, 5.41) is 0. The molecule has 128 valence electrons. The van der Waals surface area contributed by atoms with Gasteiger partial charge in [0.25, 0.3) is 0 Å². The van der Waals surface area contributed by atoms with Gasteiger partial charge in [-0.15, -0.1) is 0 Å². The van der Waals surface area contributed by atoms with E-state index in [9.17, 15) is 13.2 Å². The Hall–Kier alpha value is -2.15. The van der Waals surface area contributed by atoms with Crippen LogP contribution in [0.4, 0.5) is 19.1 Å². The third kappa shape index (κ3) is 3.67. The molecule has 0 amide bonds. The second kappa shape index (κ2) is 6.76. The average molecular weight is 336 g/mol. The zero-order valence-corrected chi connectivity index (χ0v) is 13.4. The molecule has 0 bridgehead atoms. The zero-order chi connectivity index (χ0) is 17.2. The van der Waals surface area contributed by atoms with E-state index in [1.807, 2.05) is 11.0 Å². The van der Waals surface area contributed by atoms with E-state index in [-0.39, 0.29) is 5.95 Å². The predicted molar refractivity (Wildman–Crippen MR) is 86.8 cm³/mol. The third-order valence-corrected chi connectivity index (χ3v) is 4.18. The fraction of sp³-hybridized carbons (Fsp3) is 0.412. The van der Waals surface area contributed by atoms with Gasteiger partial charge in [-0.1, -0.05) is 37.3 Å². The molecule has 0 unspecified atom stereocenters. The molecular weight excluding hydrogens is 317 g/mol. The van der Waals surface area contributed by atoms with Crippen LogP contribution >= 0.6 is 0 Å². The van der Waals surface area contributed by atoms with Crippen molar-refractivity contribution >= 4 is 5.95 Å². The number of benzene rings is 1. The third-order valence-electron chi connectivity index (χ3n) is 4.18. The van der Waals surface area contributed by atoms with Crippen molar-refractivity contribution in [2.24, 2.45) is 0 Å². The predicted octanol–water partition coefficient (Wildman–Crippen LogP) is 3.30. The Labute approximate surface area is 138 Å². The molecule has 1 saturated heterocycles. The number of rotatable bonds is 3. The lowest BCUT2D eigenvalue weighted by Gasteiger charge is -2.34. The lowest BCUT2D eigenvalue weighted by Crippen LogP contribution is -2.46. The average Bonchev–Trinajstić information content (AvgIpc) is 2.61. The summed E-state index contributed by atoms with van der Waals surface area (Å²) in [6.07, 6.45) is -4.49. The van der Waals surface area contributed by atoms with Crippen LogP contribution in [0, 0.1) is 0 Å². The number of likely N-dealkylation sites (N-methyl/N-ethyl adjacent to an activating group) is 1. The standard InChI is InChI=1S/C17H19F3N4/c1-2-23-8-10-24(11-9-23)16-21-14(13-6-4-3-5-7-13)12-15(22-16)17(18,19)20/h3-7,12H,2,8-11H2,1H3. The molecule has 1 aliphatic rings. The number of anilines is 1. The van der Waals surface area contributed by atoms with E-state index >= 15 is 0 Å². The molecule has 1 aromatic carbocycles. The molecule has 1 fully saturated rings. The van der Waals surface area contributed by atoms with Gasteiger partial charge in [0.1, 0.15) is 0 Å². The summed E-state index contributed by atoms with van der Waals surface area (Å²) in [6.45, 7) is 5.87. The highest BCUT2D eigenvalue weighted by Gasteiger charge is 2.34. The molecule has 0 radical (unpaired) electrons. The Bertz CT molecular complexity index is 680. The van der Waals surface area contributed by atoms with Gasteiger partial charge in [-0.3, -0.25) is 0 Å². The SMILES string of the molecule is CCN1CCN(c2nc(-c3ccccc3)cc(C(F)(F)F)n2)CC1. The summed E-state index contributed by atoms with van der Waals surface area (Å²) in [7, 11) is 0. The topological polar surface area (TPSA) is 32.3 Å². The lowest BCUT2D eigenvalue weighted by atomic mass is 10.1. The zero-order valence-electron chi connectivity index (χ0n) is 13.4. The van der Waals surface area contributed by atoms with E-state index in [1.54, 1.807) is 24.3 Å². The molecule has 0 saturated carbocycles. The second-order valence-electron chi connectivity index (χ2n) is 5.72. The summed E-state index contributed by atoms with van der Waals surface area (Å²) in [4.78, 5) is 12.2. The Morgan fingerprint density at radius 3 is 2.25 bits per heavy atom. The fourth-order valence-corrected chi connectivity index (χ4v) is 2.74.